The van der Waals surface area contributed by atoms with Crippen LogP contribution in [0.1, 0.15) is 19.4 Å². The van der Waals surface area contributed by atoms with E-state index in [-0.39, 0.29) is 17.5 Å². The number of ether oxygens (including phenoxy) is 2. The molecule has 1 aliphatic rings. The molecule has 134 valence electrons. The highest BCUT2D eigenvalue weighted by atomic mass is 16.6. The summed E-state index contributed by atoms with van der Waals surface area (Å²) >= 11 is 0. The first-order valence-electron chi connectivity index (χ1n) is 7.88. The lowest BCUT2D eigenvalue weighted by Gasteiger charge is -2.26. The first kappa shape index (κ1) is 18.1. The summed E-state index contributed by atoms with van der Waals surface area (Å²) in [6, 6.07) is -0.656. The fraction of sp³-hybridized carbons (Fsp3) is 0.714. The quantitative estimate of drug-likeness (QED) is 0.408. The van der Waals surface area contributed by atoms with Crippen molar-refractivity contribution in [1.82, 2.24) is 20.0 Å². The van der Waals surface area contributed by atoms with Gasteiger partial charge in [0.1, 0.15) is 12.2 Å². The van der Waals surface area contributed by atoms with Crippen molar-refractivity contribution in [3.63, 3.8) is 0 Å². The first-order chi connectivity index (χ1) is 11.5. The van der Waals surface area contributed by atoms with Crippen molar-refractivity contribution in [3.8, 4) is 5.88 Å². The van der Waals surface area contributed by atoms with Crippen LogP contribution in [0.15, 0.2) is 6.20 Å². The molecule has 0 aliphatic carbocycles. The minimum absolute atomic E-state index is 0.105. The fourth-order valence-electron chi connectivity index (χ4n) is 2.44. The average molecular weight is 341 g/mol. The summed E-state index contributed by atoms with van der Waals surface area (Å²) in [7, 11) is 1.30. The molecule has 1 aromatic heterocycles. The number of hydrogen-bond acceptors (Lipinski definition) is 7. The lowest BCUT2D eigenvalue weighted by atomic mass is 10.3. The third kappa shape index (κ3) is 4.65. The van der Waals surface area contributed by atoms with Gasteiger partial charge in [0, 0.05) is 19.6 Å². The Morgan fingerprint density at radius 3 is 2.83 bits per heavy atom. The number of nitrogens with one attached hydrogen (secondary N) is 1. The molecule has 2 rings (SSSR count). The van der Waals surface area contributed by atoms with Gasteiger partial charge in [-0.15, -0.1) is 5.10 Å². The Morgan fingerprint density at radius 1 is 1.54 bits per heavy atom. The molecule has 1 atom stereocenters. The molecule has 10 heteroatoms. The third-order valence-electron chi connectivity index (χ3n) is 3.90. The number of aromatic nitrogens is 2. The predicted octanol–water partition coefficient (Wildman–Crippen LogP) is 0.199. The van der Waals surface area contributed by atoms with Gasteiger partial charge in [0.25, 0.3) is 0 Å². The molecule has 0 spiro atoms. The molecule has 0 bridgehead atoms. The lowest BCUT2D eigenvalue weighted by Crippen LogP contribution is -2.38. The van der Waals surface area contributed by atoms with Gasteiger partial charge in [-0.3, -0.25) is 19.8 Å². The van der Waals surface area contributed by atoms with Crippen LogP contribution in [0.2, 0.25) is 0 Å². The van der Waals surface area contributed by atoms with Gasteiger partial charge in [-0.05, 0) is 19.9 Å². The molecule has 2 heterocycles. The van der Waals surface area contributed by atoms with Crippen LogP contribution in [0.5, 0.6) is 5.88 Å². The highest BCUT2D eigenvalue weighted by Crippen LogP contribution is 2.25. The molecule has 0 radical (unpaired) electrons. The molecule has 1 aromatic rings. The van der Waals surface area contributed by atoms with E-state index < -0.39 is 11.0 Å². The van der Waals surface area contributed by atoms with Crippen molar-refractivity contribution < 1.29 is 19.2 Å². The van der Waals surface area contributed by atoms with Crippen molar-refractivity contribution in [3.05, 3.63) is 16.3 Å². The predicted molar refractivity (Wildman–Crippen MR) is 85.0 cm³/mol. The number of carbonyl (C=O) groups excluding carboxylic acids is 1. The van der Waals surface area contributed by atoms with Gasteiger partial charge < -0.3 is 14.8 Å². The molecular weight excluding hydrogens is 318 g/mol. The lowest BCUT2D eigenvalue weighted by molar-refractivity contribution is -0.385. The van der Waals surface area contributed by atoms with Crippen molar-refractivity contribution in [2.75, 3.05) is 46.5 Å². The normalized spacial score (nSPS) is 16.6. The topological polar surface area (TPSA) is 112 Å². The zero-order chi connectivity index (χ0) is 17.5. The molecule has 1 saturated heterocycles. The van der Waals surface area contributed by atoms with Crippen molar-refractivity contribution in [2.24, 2.45) is 0 Å². The van der Waals surface area contributed by atoms with E-state index in [0.717, 1.165) is 39.3 Å². The average Bonchev–Trinajstić information content (AvgIpc) is 3.03. The van der Waals surface area contributed by atoms with Crippen LogP contribution in [0.4, 0.5) is 5.69 Å². The number of nitrogens with zero attached hydrogens (tertiary/aromatic N) is 4. The van der Waals surface area contributed by atoms with Gasteiger partial charge in [0.15, 0.2) is 0 Å². The number of nitro groups is 1. The summed E-state index contributed by atoms with van der Waals surface area (Å²) in [6.45, 7) is 6.42. The van der Waals surface area contributed by atoms with Gasteiger partial charge in [-0.2, -0.15) is 0 Å². The molecule has 0 saturated carbocycles. The van der Waals surface area contributed by atoms with E-state index in [1.807, 2.05) is 0 Å². The molecule has 24 heavy (non-hydrogen) atoms. The zero-order valence-corrected chi connectivity index (χ0v) is 13.9. The van der Waals surface area contributed by atoms with Gasteiger partial charge in [0.05, 0.1) is 25.2 Å². The van der Waals surface area contributed by atoms with Crippen molar-refractivity contribution in [2.45, 2.75) is 19.4 Å². The second-order valence-corrected chi connectivity index (χ2v) is 5.54. The Morgan fingerprint density at radius 2 is 2.25 bits per heavy atom. The molecular formula is C14H23N5O5. The van der Waals surface area contributed by atoms with E-state index in [9.17, 15) is 14.9 Å². The van der Waals surface area contributed by atoms with Gasteiger partial charge in [-0.1, -0.05) is 0 Å². The van der Waals surface area contributed by atoms with E-state index in [0.29, 0.717) is 6.54 Å². The molecule has 0 aromatic carbocycles. The maximum absolute atomic E-state index is 12.2. The molecule has 1 N–H and O–H groups in total. The monoisotopic (exact) mass is 341 g/mol. The Balaban J connectivity index is 1.80. The second kappa shape index (κ2) is 8.60. The summed E-state index contributed by atoms with van der Waals surface area (Å²) in [5.74, 6) is -0.344. The van der Waals surface area contributed by atoms with Gasteiger partial charge in [-0.25, -0.2) is 4.68 Å². The van der Waals surface area contributed by atoms with Crippen LogP contribution in [-0.4, -0.2) is 72.0 Å². The van der Waals surface area contributed by atoms with Gasteiger partial charge >= 0.3 is 11.6 Å². The van der Waals surface area contributed by atoms with Crippen LogP contribution >= 0.6 is 0 Å². The van der Waals surface area contributed by atoms with Crippen molar-refractivity contribution >= 4 is 11.6 Å². The summed E-state index contributed by atoms with van der Waals surface area (Å²) in [5, 5.41) is 17.7. The van der Waals surface area contributed by atoms with Crippen LogP contribution < -0.4 is 10.1 Å². The summed E-state index contributed by atoms with van der Waals surface area (Å²) in [4.78, 5) is 24.8. The van der Waals surface area contributed by atoms with Crippen LogP contribution in [-0.2, 0) is 9.53 Å². The number of morpholine rings is 1. The molecule has 10 nitrogen and oxygen atoms in total. The van der Waals surface area contributed by atoms with Crippen LogP contribution in [0.25, 0.3) is 0 Å². The number of carbonyl (C=O) groups is 1. The SMILES string of the molecule is COc1nn(C(C)C(=O)NCCCN2CCOCC2)cc1[N+](=O)[O-]. The van der Waals surface area contributed by atoms with Crippen molar-refractivity contribution in [1.29, 1.82) is 0 Å². The Kier molecular flexibility index (Phi) is 6.50. The summed E-state index contributed by atoms with van der Waals surface area (Å²) < 4.78 is 11.4. The van der Waals surface area contributed by atoms with Crippen LogP contribution in [0.3, 0.4) is 0 Å². The number of amides is 1. The first-order valence-corrected chi connectivity index (χ1v) is 7.88. The third-order valence-corrected chi connectivity index (χ3v) is 3.90. The summed E-state index contributed by atoms with van der Waals surface area (Å²) in [6.07, 6.45) is 2.04. The fourth-order valence-corrected chi connectivity index (χ4v) is 2.44. The Hall–Kier alpha value is -2.20. The number of hydrogen-bond donors (Lipinski definition) is 1. The van der Waals surface area contributed by atoms with Crippen LogP contribution in [0, 0.1) is 10.1 Å². The van der Waals surface area contributed by atoms with E-state index >= 15 is 0 Å². The van der Waals surface area contributed by atoms with E-state index in [2.05, 4.69) is 15.3 Å². The maximum Gasteiger partial charge on any atom is 0.350 e. The highest BCUT2D eigenvalue weighted by Gasteiger charge is 2.25. The number of methoxy groups -OCH3 is 1. The summed E-state index contributed by atoms with van der Waals surface area (Å²) in [5.41, 5.74) is -0.260. The maximum atomic E-state index is 12.2. The minimum Gasteiger partial charge on any atom is -0.475 e. The van der Waals surface area contributed by atoms with E-state index in [1.54, 1.807) is 6.92 Å². The van der Waals surface area contributed by atoms with E-state index in [1.165, 1.54) is 18.0 Å². The second-order valence-electron chi connectivity index (χ2n) is 5.54. The Bertz CT molecular complexity index is 570. The highest BCUT2D eigenvalue weighted by molar-refractivity contribution is 5.79. The number of rotatable bonds is 8. The molecule has 1 amide bonds. The largest absolute Gasteiger partial charge is 0.475 e. The standard InChI is InChI=1S/C14H23N5O5/c1-11(18-10-12(19(21)22)14(16-18)23-2)13(20)15-4-3-5-17-6-8-24-9-7-17/h10-11H,3-9H2,1-2H3,(H,15,20). The van der Waals surface area contributed by atoms with E-state index in [4.69, 9.17) is 9.47 Å². The molecule has 1 aliphatic heterocycles. The Labute approximate surface area is 139 Å². The smallest absolute Gasteiger partial charge is 0.350 e. The molecule has 1 unspecified atom stereocenters. The minimum atomic E-state index is -0.656. The molecule has 1 fully saturated rings. The van der Waals surface area contributed by atoms with Gasteiger partial charge in [0.2, 0.25) is 5.91 Å². The zero-order valence-electron chi connectivity index (χ0n) is 13.9.